The van der Waals surface area contributed by atoms with Crippen LogP contribution in [0.2, 0.25) is 0 Å². The van der Waals surface area contributed by atoms with E-state index in [1.807, 2.05) is 42.6 Å². The Balaban J connectivity index is 1.61. The summed E-state index contributed by atoms with van der Waals surface area (Å²) in [5, 5.41) is 4.21. The average Bonchev–Trinajstić information content (AvgIpc) is 3.32. The first-order valence-electron chi connectivity index (χ1n) is 7.84. The van der Waals surface area contributed by atoms with Crippen LogP contribution in [0.15, 0.2) is 54.9 Å². The van der Waals surface area contributed by atoms with Gasteiger partial charge in [-0.25, -0.2) is 9.48 Å². The largest absolute Gasteiger partial charge is 0.465 e. The summed E-state index contributed by atoms with van der Waals surface area (Å²) in [6, 6.07) is 13.7. The lowest BCUT2D eigenvalue weighted by Gasteiger charge is -2.09. The molecule has 126 valence electrons. The Morgan fingerprint density at radius 3 is 2.76 bits per heavy atom. The molecule has 3 aromatic rings. The maximum absolute atomic E-state index is 12.0. The molecule has 6 heteroatoms. The molecule has 0 unspecified atom stereocenters. The van der Waals surface area contributed by atoms with Crippen LogP contribution in [-0.2, 0) is 11.2 Å². The zero-order chi connectivity index (χ0) is 17.2. The standard InChI is InChI=1S/C19H16N2O4/c1-23-19(22)16-10-14(11-17-18(16)25-12-24-17)9-13-3-5-15(6-4-13)21-8-2-7-20-21/h2-8,10-11H,9,12H2,1H3. The van der Waals surface area contributed by atoms with Gasteiger partial charge in [0, 0.05) is 12.4 Å². The number of aromatic nitrogens is 2. The second-order valence-corrected chi connectivity index (χ2v) is 5.66. The summed E-state index contributed by atoms with van der Waals surface area (Å²) in [5.41, 5.74) is 3.46. The zero-order valence-electron chi connectivity index (χ0n) is 13.6. The molecule has 1 aliphatic rings. The molecule has 0 bridgehead atoms. The molecule has 4 rings (SSSR count). The van der Waals surface area contributed by atoms with Gasteiger partial charge in [-0.1, -0.05) is 12.1 Å². The Labute approximate surface area is 144 Å². The molecule has 1 aliphatic heterocycles. The molecule has 0 radical (unpaired) electrons. The van der Waals surface area contributed by atoms with E-state index in [0.717, 1.165) is 16.8 Å². The van der Waals surface area contributed by atoms with E-state index >= 15 is 0 Å². The summed E-state index contributed by atoms with van der Waals surface area (Å²) in [4.78, 5) is 12.0. The normalized spacial score (nSPS) is 12.2. The number of hydrogen-bond acceptors (Lipinski definition) is 5. The molecule has 0 N–H and O–H groups in total. The molecule has 2 aromatic carbocycles. The Morgan fingerprint density at radius 2 is 2.04 bits per heavy atom. The fraction of sp³-hybridized carbons (Fsp3) is 0.158. The van der Waals surface area contributed by atoms with Crippen molar-refractivity contribution in [2.45, 2.75) is 6.42 Å². The molecule has 0 fully saturated rings. The lowest BCUT2D eigenvalue weighted by atomic mass is 10.0. The molecule has 2 heterocycles. The minimum Gasteiger partial charge on any atom is -0.465 e. The van der Waals surface area contributed by atoms with Crippen molar-refractivity contribution in [3.63, 3.8) is 0 Å². The molecule has 1 aromatic heterocycles. The number of hydrogen-bond donors (Lipinski definition) is 0. The lowest BCUT2D eigenvalue weighted by molar-refractivity contribution is 0.0596. The fourth-order valence-corrected chi connectivity index (χ4v) is 2.85. The first-order valence-corrected chi connectivity index (χ1v) is 7.84. The Morgan fingerprint density at radius 1 is 1.20 bits per heavy atom. The molecule has 0 atom stereocenters. The van der Waals surface area contributed by atoms with Crippen molar-refractivity contribution in [1.29, 1.82) is 0 Å². The highest BCUT2D eigenvalue weighted by molar-refractivity contribution is 5.94. The highest BCUT2D eigenvalue weighted by Crippen LogP contribution is 2.37. The minimum absolute atomic E-state index is 0.112. The van der Waals surface area contributed by atoms with Gasteiger partial charge >= 0.3 is 5.97 Å². The quantitative estimate of drug-likeness (QED) is 0.686. The molecule has 6 nitrogen and oxygen atoms in total. The van der Waals surface area contributed by atoms with Crippen molar-refractivity contribution in [3.05, 3.63) is 71.5 Å². The van der Waals surface area contributed by atoms with Gasteiger partial charge < -0.3 is 14.2 Å². The Bertz CT molecular complexity index is 902. The van der Waals surface area contributed by atoms with E-state index in [9.17, 15) is 4.79 Å². The van der Waals surface area contributed by atoms with Crippen molar-refractivity contribution in [3.8, 4) is 17.2 Å². The molecular formula is C19H16N2O4. The minimum atomic E-state index is -0.433. The van der Waals surface area contributed by atoms with Gasteiger partial charge in [0.1, 0.15) is 5.56 Å². The van der Waals surface area contributed by atoms with Crippen LogP contribution in [0.3, 0.4) is 0 Å². The molecule has 0 saturated carbocycles. The number of rotatable bonds is 4. The predicted molar refractivity (Wildman–Crippen MR) is 90.3 cm³/mol. The number of esters is 1. The van der Waals surface area contributed by atoms with Crippen molar-refractivity contribution < 1.29 is 19.0 Å². The van der Waals surface area contributed by atoms with Crippen molar-refractivity contribution >= 4 is 5.97 Å². The number of methoxy groups -OCH3 is 1. The van der Waals surface area contributed by atoms with E-state index in [-0.39, 0.29) is 6.79 Å². The fourth-order valence-electron chi connectivity index (χ4n) is 2.85. The van der Waals surface area contributed by atoms with Gasteiger partial charge in [0.25, 0.3) is 0 Å². The van der Waals surface area contributed by atoms with Gasteiger partial charge in [-0.3, -0.25) is 0 Å². The van der Waals surface area contributed by atoms with E-state index in [1.165, 1.54) is 7.11 Å². The highest BCUT2D eigenvalue weighted by atomic mass is 16.7. The summed E-state index contributed by atoms with van der Waals surface area (Å²) < 4.78 is 17.5. The molecule has 25 heavy (non-hydrogen) atoms. The van der Waals surface area contributed by atoms with Gasteiger partial charge in [0.2, 0.25) is 6.79 Å². The average molecular weight is 336 g/mol. The second-order valence-electron chi connectivity index (χ2n) is 5.66. The first-order chi connectivity index (χ1) is 12.2. The van der Waals surface area contributed by atoms with Gasteiger partial charge in [-0.2, -0.15) is 5.10 Å². The topological polar surface area (TPSA) is 62.6 Å². The molecule has 0 saturated heterocycles. The monoisotopic (exact) mass is 336 g/mol. The van der Waals surface area contributed by atoms with E-state index in [4.69, 9.17) is 14.2 Å². The second kappa shape index (κ2) is 6.32. The van der Waals surface area contributed by atoms with Crippen LogP contribution < -0.4 is 9.47 Å². The molecular weight excluding hydrogens is 320 g/mol. The van der Waals surface area contributed by atoms with E-state index in [1.54, 1.807) is 16.9 Å². The van der Waals surface area contributed by atoms with Gasteiger partial charge in [0.05, 0.1) is 12.8 Å². The third-order valence-electron chi connectivity index (χ3n) is 4.05. The van der Waals surface area contributed by atoms with Crippen molar-refractivity contribution in [2.24, 2.45) is 0 Å². The van der Waals surface area contributed by atoms with Crippen LogP contribution >= 0.6 is 0 Å². The number of ether oxygens (including phenoxy) is 3. The molecule has 0 amide bonds. The van der Waals surface area contributed by atoms with Crippen LogP contribution in [0.1, 0.15) is 21.5 Å². The maximum Gasteiger partial charge on any atom is 0.341 e. The summed E-state index contributed by atoms with van der Waals surface area (Å²) in [6.07, 6.45) is 4.31. The maximum atomic E-state index is 12.0. The number of fused-ring (bicyclic) bond motifs is 1. The van der Waals surface area contributed by atoms with Crippen LogP contribution in [-0.4, -0.2) is 29.7 Å². The van der Waals surface area contributed by atoms with Gasteiger partial charge in [-0.05, 0) is 47.9 Å². The Hall–Kier alpha value is -3.28. The number of nitrogens with zero attached hydrogens (tertiary/aromatic N) is 2. The molecule has 0 aliphatic carbocycles. The van der Waals surface area contributed by atoms with Crippen LogP contribution in [0, 0.1) is 0 Å². The van der Waals surface area contributed by atoms with E-state index < -0.39 is 5.97 Å². The third kappa shape index (κ3) is 2.94. The first kappa shape index (κ1) is 15.3. The van der Waals surface area contributed by atoms with E-state index in [2.05, 4.69) is 5.10 Å². The third-order valence-corrected chi connectivity index (χ3v) is 4.05. The van der Waals surface area contributed by atoms with Crippen LogP contribution in [0.5, 0.6) is 11.5 Å². The number of carbonyl (C=O) groups excluding carboxylic acids is 1. The summed E-state index contributed by atoms with van der Waals surface area (Å²) >= 11 is 0. The Kier molecular flexibility index (Phi) is 3.85. The van der Waals surface area contributed by atoms with Crippen molar-refractivity contribution in [1.82, 2.24) is 9.78 Å². The predicted octanol–water partition coefficient (Wildman–Crippen LogP) is 2.98. The SMILES string of the molecule is COC(=O)c1cc(Cc2ccc(-n3cccn3)cc2)cc2c1OCO2. The lowest BCUT2D eigenvalue weighted by Crippen LogP contribution is -2.04. The van der Waals surface area contributed by atoms with Crippen LogP contribution in [0.4, 0.5) is 0 Å². The number of carbonyl (C=O) groups is 1. The smallest absolute Gasteiger partial charge is 0.341 e. The summed E-state index contributed by atoms with van der Waals surface area (Å²) in [7, 11) is 1.35. The van der Waals surface area contributed by atoms with Gasteiger partial charge in [-0.15, -0.1) is 0 Å². The van der Waals surface area contributed by atoms with E-state index in [0.29, 0.717) is 23.5 Å². The highest BCUT2D eigenvalue weighted by Gasteiger charge is 2.24. The van der Waals surface area contributed by atoms with Gasteiger partial charge in [0.15, 0.2) is 11.5 Å². The number of benzene rings is 2. The van der Waals surface area contributed by atoms with Crippen molar-refractivity contribution in [2.75, 3.05) is 13.9 Å². The molecule has 0 spiro atoms. The summed E-state index contributed by atoms with van der Waals surface area (Å²) in [5.74, 6) is 0.591. The van der Waals surface area contributed by atoms with Crippen LogP contribution in [0.25, 0.3) is 5.69 Å². The summed E-state index contributed by atoms with van der Waals surface area (Å²) in [6.45, 7) is 0.112. The zero-order valence-corrected chi connectivity index (χ0v) is 13.6.